The van der Waals surface area contributed by atoms with Crippen molar-refractivity contribution in [2.75, 3.05) is 20.8 Å². The number of esters is 1. The van der Waals surface area contributed by atoms with Gasteiger partial charge in [0, 0.05) is 12.0 Å². The lowest BCUT2D eigenvalue weighted by Gasteiger charge is -2.19. The molecule has 0 atom stereocenters. The lowest BCUT2D eigenvalue weighted by atomic mass is 9.87. The summed E-state index contributed by atoms with van der Waals surface area (Å²) < 4.78 is 15.4. The van der Waals surface area contributed by atoms with Crippen molar-refractivity contribution in [3.63, 3.8) is 0 Å². The van der Waals surface area contributed by atoms with Crippen LogP contribution in [-0.4, -0.2) is 38.6 Å². The Bertz CT molecular complexity index is 928. The van der Waals surface area contributed by atoms with E-state index in [1.54, 1.807) is 31.4 Å². The molecular formula is C24H29NO6. The summed E-state index contributed by atoms with van der Waals surface area (Å²) in [5, 5.41) is 2.23. The number of rotatable bonds is 8. The summed E-state index contributed by atoms with van der Waals surface area (Å²) in [5.41, 5.74) is 2.28. The normalized spacial score (nSPS) is 10.9. The lowest BCUT2D eigenvalue weighted by molar-refractivity contribution is -0.148. The van der Waals surface area contributed by atoms with Crippen molar-refractivity contribution in [3.05, 3.63) is 59.2 Å². The largest absolute Gasteiger partial charge is 0.493 e. The first kappa shape index (κ1) is 23.9. The van der Waals surface area contributed by atoms with Gasteiger partial charge in [0.2, 0.25) is 0 Å². The fraction of sp³-hybridized carbons (Fsp3) is 0.375. The summed E-state index contributed by atoms with van der Waals surface area (Å²) in [6.45, 7) is 5.71. The summed E-state index contributed by atoms with van der Waals surface area (Å²) in [5.74, 6) is -0.576. The van der Waals surface area contributed by atoms with E-state index in [1.165, 1.54) is 7.11 Å². The van der Waals surface area contributed by atoms with E-state index in [4.69, 9.17) is 14.2 Å². The van der Waals surface area contributed by atoms with Gasteiger partial charge in [-0.05, 0) is 47.2 Å². The number of aryl methyl sites for hydroxylation is 1. The first-order valence-corrected chi connectivity index (χ1v) is 9.95. The molecule has 7 heteroatoms. The first-order valence-electron chi connectivity index (χ1n) is 9.95. The molecule has 0 heterocycles. The van der Waals surface area contributed by atoms with Gasteiger partial charge in [0.1, 0.15) is 0 Å². The van der Waals surface area contributed by atoms with Gasteiger partial charge >= 0.3 is 5.97 Å². The molecule has 0 saturated heterocycles. The number of ether oxygens (including phenoxy) is 3. The number of amides is 2. The second-order valence-corrected chi connectivity index (χ2v) is 8.05. The predicted molar refractivity (Wildman–Crippen MR) is 116 cm³/mol. The quantitative estimate of drug-likeness (QED) is 0.649. The average Bonchev–Trinajstić information content (AvgIpc) is 2.75. The Labute approximate surface area is 182 Å². The molecular weight excluding hydrogens is 398 g/mol. The molecule has 0 aromatic heterocycles. The van der Waals surface area contributed by atoms with Gasteiger partial charge in [-0.2, -0.15) is 0 Å². The zero-order valence-corrected chi connectivity index (χ0v) is 18.6. The minimum absolute atomic E-state index is 0.0318. The van der Waals surface area contributed by atoms with Crippen LogP contribution in [0.1, 0.15) is 48.7 Å². The number of hydrogen-bond acceptors (Lipinski definition) is 6. The fourth-order valence-corrected chi connectivity index (χ4v) is 2.86. The zero-order chi connectivity index (χ0) is 23.0. The maximum absolute atomic E-state index is 12.2. The number of benzene rings is 2. The highest BCUT2D eigenvalue weighted by molar-refractivity contribution is 6.05. The molecule has 0 fully saturated rings. The summed E-state index contributed by atoms with van der Waals surface area (Å²) in [6, 6.07) is 12.4. The Morgan fingerprint density at radius 1 is 0.903 bits per heavy atom. The van der Waals surface area contributed by atoms with E-state index < -0.39 is 24.4 Å². The number of methoxy groups -OCH3 is 2. The Kier molecular flexibility index (Phi) is 8.19. The zero-order valence-electron chi connectivity index (χ0n) is 18.6. The van der Waals surface area contributed by atoms with E-state index in [-0.39, 0.29) is 11.8 Å². The van der Waals surface area contributed by atoms with E-state index in [0.717, 1.165) is 11.1 Å². The van der Waals surface area contributed by atoms with Crippen LogP contribution >= 0.6 is 0 Å². The van der Waals surface area contributed by atoms with Gasteiger partial charge in [-0.25, -0.2) is 0 Å². The molecule has 166 valence electrons. The van der Waals surface area contributed by atoms with Gasteiger partial charge < -0.3 is 14.2 Å². The van der Waals surface area contributed by atoms with Crippen LogP contribution in [0.3, 0.4) is 0 Å². The Morgan fingerprint density at radius 2 is 1.55 bits per heavy atom. The van der Waals surface area contributed by atoms with Crippen molar-refractivity contribution in [3.8, 4) is 11.5 Å². The van der Waals surface area contributed by atoms with Gasteiger partial charge in [-0.1, -0.05) is 39.0 Å². The van der Waals surface area contributed by atoms with Crippen molar-refractivity contribution >= 4 is 17.8 Å². The molecule has 0 bridgehead atoms. The maximum atomic E-state index is 12.2. The topological polar surface area (TPSA) is 90.9 Å². The van der Waals surface area contributed by atoms with Crippen molar-refractivity contribution in [2.24, 2.45) is 0 Å². The fourth-order valence-electron chi connectivity index (χ4n) is 2.86. The minimum Gasteiger partial charge on any atom is -0.493 e. The summed E-state index contributed by atoms with van der Waals surface area (Å²) in [7, 11) is 3.08. The number of carbonyl (C=O) groups excluding carboxylic acids is 3. The van der Waals surface area contributed by atoms with Crippen molar-refractivity contribution < 1.29 is 28.6 Å². The number of hydrogen-bond donors (Lipinski definition) is 1. The molecule has 2 aromatic rings. The summed E-state index contributed by atoms with van der Waals surface area (Å²) >= 11 is 0. The molecule has 2 rings (SSSR count). The molecule has 0 aliphatic rings. The third kappa shape index (κ3) is 7.13. The number of imide groups is 1. The summed E-state index contributed by atoms with van der Waals surface area (Å²) in [4.78, 5) is 36.1. The highest BCUT2D eigenvalue weighted by atomic mass is 16.5. The van der Waals surface area contributed by atoms with Gasteiger partial charge in [-0.15, -0.1) is 0 Å². The molecule has 0 radical (unpaired) electrons. The third-order valence-electron chi connectivity index (χ3n) is 4.70. The smallest absolute Gasteiger partial charge is 0.306 e. The van der Waals surface area contributed by atoms with Gasteiger partial charge in [-0.3, -0.25) is 19.7 Å². The van der Waals surface area contributed by atoms with Gasteiger partial charge in [0.05, 0.1) is 14.2 Å². The van der Waals surface area contributed by atoms with E-state index in [1.807, 2.05) is 18.2 Å². The second-order valence-electron chi connectivity index (χ2n) is 8.05. The third-order valence-corrected chi connectivity index (χ3v) is 4.70. The van der Waals surface area contributed by atoms with E-state index in [9.17, 15) is 14.4 Å². The molecule has 1 N–H and O–H groups in total. The van der Waals surface area contributed by atoms with Crippen molar-refractivity contribution in [2.45, 2.75) is 39.0 Å². The van der Waals surface area contributed by atoms with Crippen molar-refractivity contribution in [1.82, 2.24) is 5.32 Å². The number of carbonyl (C=O) groups is 3. The second kappa shape index (κ2) is 10.6. The van der Waals surface area contributed by atoms with E-state index in [0.29, 0.717) is 23.5 Å². The van der Waals surface area contributed by atoms with Crippen LogP contribution in [-0.2, 0) is 26.2 Å². The molecule has 31 heavy (non-hydrogen) atoms. The van der Waals surface area contributed by atoms with Gasteiger partial charge in [0.25, 0.3) is 11.8 Å². The van der Waals surface area contributed by atoms with E-state index >= 15 is 0 Å². The molecule has 0 unspecified atom stereocenters. The molecule has 0 aliphatic carbocycles. The van der Waals surface area contributed by atoms with Crippen LogP contribution < -0.4 is 14.8 Å². The lowest BCUT2D eigenvalue weighted by Crippen LogP contribution is -2.34. The summed E-state index contributed by atoms with van der Waals surface area (Å²) in [6.07, 6.45) is 0.505. The van der Waals surface area contributed by atoms with Crippen LogP contribution in [0.4, 0.5) is 0 Å². The Morgan fingerprint density at radius 3 is 2.13 bits per heavy atom. The molecule has 7 nitrogen and oxygen atoms in total. The minimum atomic E-state index is -0.677. The highest BCUT2D eigenvalue weighted by Crippen LogP contribution is 2.28. The standard InChI is InChI=1S/C24H29NO6/c1-24(2,3)18-10-8-17(9-11-18)23(28)25-21(26)15-31-22(27)13-7-16-6-12-19(29-4)20(14-16)30-5/h6,8-12,14H,7,13,15H2,1-5H3,(H,25,26,28). The van der Waals surface area contributed by atoms with Crippen LogP contribution in [0.25, 0.3) is 0 Å². The Hall–Kier alpha value is -3.35. The predicted octanol–water partition coefficient (Wildman–Crippen LogP) is 3.43. The van der Waals surface area contributed by atoms with Crippen LogP contribution in [0.15, 0.2) is 42.5 Å². The van der Waals surface area contributed by atoms with Crippen LogP contribution in [0.5, 0.6) is 11.5 Å². The Balaban J connectivity index is 1.79. The van der Waals surface area contributed by atoms with Gasteiger partial charge in [0.15, 0.2) is 18.1 Å². The first-order chi connectivity index (χ1) is 14.6. The maximum Gasteiger partial charge on any atom is 0.306 e. The van der Waals surface area contributed by atoms with E-state index in [2.05, 4.69) is 26.1 Å². The SMILES string of the molecule is COc1ccc(CCC(=O)OCC(=O)NC(=O)c2ccc(C(C)(C)C)cc2)cc1OC. The van der Waals surface area contributed by atoms with Crippen molar-refractivity contribution in [1.29, 1.82) is 0 Å². The van der Waals surface area contributed by atoms with Crippen LogP contribution in [0.2, 0.25) is 0 Å². The van der Waals surface area contributed by atoms with Crippen LogP contribution in [0, 0.1) is 0 Å². The number of nitrogens with one attached hydrogen (secondary N) is 1. The average molecular weight is 427 g/mol. The highest BCUT2D eigenvalue weighted by Gasteiger charge is 2.16. The monoisotopic (exact) mass is 427 g/mol. The molecule has 0 aliphatic heterocycles. The molecule has 2 amide bonds. The molecule has 0 spiro atoms. The molecule has 0 saturated carbocycles. The molecule has 2 aromatic carbocycles.